The van der Waals surface area contributed by atoms with Crippen LogP contribution in [0.25, 0.3) is 0 Å². The van der Waals surface area contributed by atoms with Crippen LogP contribution in [0.1, 0.15) is 26.7 Å². The molecule has 0 saturated heterocycles. The van der Waals surface area contributed by atoms with Gasteiger partial charge in [0.15, 0.2) is 5.90 Å². The van der Waals surface area contributed by atoms with Crippen molar-refractivity contribution < 1.29 is 4.74 Å². The van der Waals surface area contributed by atoms with Crippen molar-refractivity contribution in [1.82, 2.24) is 0 Å². The van der Waals surface area contributed by atoms with E-state index in [0.717, 1.165) is 25.3 Å². The van der Waals surface area contributed by atoms with Gasteiger partial charge in [0.05, 0.1) is 6.04 Å². The Bertz CT molecular complexity index is 120. The molecule has 0 spiro atoms. The molecular weight excluding hydrogens is 114 g/mol. The van der Waals surface area contributed by atoms with Crippen LogP contribution in [0.3, 0.4) is 0 Å². The quantitative estimate of drug-likeness (QED) is 0.552. The molecule has 1 unspecified atom stereocenters. The maximum Gasteiger partial charge on any atom is 0.183 e. The highest BCUT2D eigenvalue weighted by atomic mass is 16.5. The molecule has 1 atom stereocenters. The van der Waals surface area contributed by atoms with Crippen molar-refractivity contribution >= 4 is 5.90 Å². The number of nitrogens with zero attached hydrogens (tertiary/aromatic N) is 1. The predicted octanol–water partition coefficient (Wildman–Crippen LogP) is 1.60. The molecule has 1 aliphatic heterocycles. The Kier molecular flexibility index (Phi) is 2.09. The third-order valence-electron chi connectivity index (χ3n) is 1.32. The number of hydrogen-bond acceptors (Lipinski definition) is 2. The zero-order valence-electron chi connectivity index (χ0n) is 6.05. The van der Waals surface area contributed by atoms with Gasteiger partial charge in [0.25, 0.3) is 0 Å². The van der Waals surface area contributed by atoms with Gasteiger partial charge in [-0.3, -0.25) is 0 Å². The second-order valence-corrected chi connectivity index (χ2v) is 2.43. The van der Waals surface area contributed by atoms with Gasteiger partial charge in [-0.05, 0) is 13.3 Å². The molecule has 0 saturated carbocycles. The largest absolute Gasteiger partial charge is 0.479 e. The molecule has 52 valence electrons. The molecule has 0 aromatic rings. The Balaban J connectivity index is 2.33. The fourth-order valence-electron chi connectivity index (χ4n) is 0.888. The summed E-state index contributed by atoms with van der Waals surface area (Å²) in [7, 11) is 0. The van der Waals surface area contributed by atoms with E-state index >= 15 is 0 Å². The summed E-state index contributed by atoms with van der Waals surface area (Å²) >= 11 is 0. The first-order valence-corrected chi connectivity index (χ1v) is 3.52. The van der Waals surface area contributed by atoms with Gasteiger partial charge in [-0.1, -0.05) is 6.92 Å². The van der Waals surface area contributed by atoms with Gasteiger partial charge in [0.2, 0.25) is 0 Å². The van der Waals surface area contributed by atoms with E-state index in [2.05, 4.69) is 18.8 Å². The van der Waals surface area contributed by atoms with Crippen molar-refractivity contribution in [2.45, 2.75) is 32.7 Å². The average molecular weight is 127 g/mol. The van der Waals surface area contributed by atoms with Crippen molar-refractivity contribution in [2.24, 2.45) is 4.99 Å². The van der Waals surface area contributed by atoms with E-state index < -0.39 is 0 Å². The van der Waals surface area contributed by atoms with Crippen LogP contribution in [-0.4, -0.2) is 18.5 Å². The van der Waals surface area contributed by atoms with E-state index in [1.807, 2.05) is 0 Å². The summed E-state index contributed by atoms with van der Waals surface area (Å²) in [5, 5.41) is 0. The van der Waals surface area contributed by atoms with Crippen molar-refractivity contribution in [1.29, 1.82) is 0 Å². The zero-order valence-corrected chi connectivity index (χ0v) is 6.05. The second-order valence-electron chi connectivity index (χ2n) is 2.43. The van der Waals surface area contributed by atoms with Crippen LogP contribution in [0.4, 0.5) is 0 Å². The van der Waals surface area contributed by atoms with E-state index in [0.29, 0.717) is 6.04 Å². The molecule has 0 aliphatic carbocycles. The molecule has 0 aromatic heterocycles. The Labute approximate surface area is 55.9 Å². The van der Waals surface area contributed by atoms with Crippen LogP contribution in [-0.2, 0) is 4.74 Å². The molecule has 0 aromatic carbocycles. The Morgan fingerprint density at radius 2 is 2.56 bits per heavy atom. The molecule has 1 heterocycles. The summed E-state index contributed by atoms with van der Waals surface area (Å²) in [5.74, 6) is 0.949. The lowest BCUT2D eigenvalue weighted by atomic mass is 10.3. The summed E-state index contributed by atoms with van der Waals surface area (Å²) in [6.07, 6.45) is 2.13. The Morgan fingerprint density at radius 3 is 3.00 bits per heavy atom. The Morgan fingerprint density at radius 1 is 1.78 bits per heavy atom. The molecule has 2 heteroatoms. The molecule has 0 N–H and O–H groups in total. The van der Waals surface area contributed by atoms with E-state index in [9.17, 15) is 0 Å². The summed E-state index contributed by atoms with van der Waals surface area (Å²) in [6.45, 7) is 4.99. The topological polar surface area (TPSA) is 21.6 Å². The maximum atomic E-state index is 5.26. The van der Waals surface area contributed by atoms with Gasteiger partial charge in [-0.2, -0.15) is 0 Å². The summed E-state index contributed by atoms with van der Waals surface area (Å²) in [5.41, 5.74) is 0. The van der Waals surface area contributed by atoms with Gasteiger partial charge in [-0.15, -0.1) is 0 Å². The molecule has 1 rings (SSSR count). The fraction of sp³-hybridized carbons (Fsp3) is 0.857. The van der Waals surface area contributed by atoms with Crippen LogP contribution in [0.15, 0.2) is 4.99 Å². The minimum Gasteiger partial charge on any atom is -0.479 e. The van der Waals surface area contributed by atoms with Crippen molar-refractivity contribution in [3.05, 3.63) is 0 Å². The SMILES string of the molecule is CCCC1=NC(C)CO1. The summed E-state index contributed by atoms with van der Waals surface area (Å²) in [6, 6.07) is 0.395. The maximum absolute atomic E-state index is 5.26. The lowest BCUT2D eigenvalue weighted by Crippen LogP contribution is -1.99. The lowest BCUT2D eigenvalue weighted by molar-refractivity contribution is 0.315. The second kappa shape index (κ2) is 2.85. The van der Waals surface area contributed by atoms with Crippen molar-refractivity contribution in [3.8, 4) is 0 Å². The number of hydrogen-bond donors (Lipinski definition) is 0. The average Bonchev–Trinajstić information content (AvgIpc) is 2.17. The van der Waals surface area contributed by atoms with E-state index in [4.69, 9.17) is 4.74 Å². The van der Waals surface area contributed by atoms with Crippen LogP contribution < -0.4 is 0 Å². The van der Waals surface area contributed by atoms with Crippen LogP contribution in [0, 0.1) is 0 Å². The minimum atomic E-state index is 0.395. The fourth-order valence-corrected chi connectivity index (χ4v) is 0.888. The first kappa shape index (κ1) is 6.59. The van der Waals surface area contributed by atoms with E-state index in [1.54, 1.807) is 0 Å². The first-order chi connectivity index (χ1) is 4.33. The van der Waals surface area contributed by atoms with Crippen LogP contribution in [0.2, 0.25) is 0 Å². The van der Waals surface area contributed by atoms with Gasteiger partial charge in [0, 0.05) is 6.42 Å². The number of ether oxygens (including phenoxy) is 1. The molecule has 0 fully saturated rings. The van der Waals surface area contributed by atoms with Gasteiger partial charge in [0.1, 0.15) is 6.61 Å². The van der Waals surface area contributed by atoms with Gasteiger partial charge < -0.3 is 4.74 Å². The predicted molar refractivity (Wildman–Crippen MR) is 37.8 cm³/mol. The molecule has 1 aliphatic rings. The number of aliphatic imine (C=N–C) groups is 1. The summed E-state index contributed by atoms with van der Waals surface area (Å²) in [4.78, 5) is 4.27. The van der Waals surface area contributed by atoms with Gasteiger partial charge >= 0.3 is 0 Å². The minimum absolute atomic E-state index is 0.395. The van der Waals surface area contributed by atoms with E-state index in [-0.39, 0.29) is 0 Å². The molecule has 0 amide bonds. The highest BCUT2D eigenvalue weighted by Crippen LogP contribution is 2.06. The normalized spacial score (nSPS) is 25.6. The number of rotatable bonds is 2. The molecule has 2 nitrogen and oxygen atoms in total. The highest BCUT2D eigenvalue weighted by Gasteiger charge is 2.11. The molecular formula is C7H13NO. The lowest BCUT2D eigenvalue weighted by Gasteiger charge is -1.95. The first-order valence-electron chi connectivity index (χ1n) is 3.52. The smallest absolute Gasteiger partial charge is 0.183 e. The third kappa shape index (κ3) is 1.70. The highest BCUT2D eigenvalue weighted by molar-refractivity contribution is 5.77. The molecule has 9 heavy (non-hydrogen) atoms. The van der Waals surface area contributed by atoms with Crippen LogP contribution in [0.5, 0.6) is 0 Å². The van der Waals surface area contributed by atoms with E-state index in [1.165, 1.54) is 0 Å². The monoisotopic (exact) mass is 127 g/mol. The standard InChI is InChI=1S/C7H13NO/c1-3-4-7-8-6(2)5-9-7/h6H,3-5H2,1-2H3. The van der Waals surface area contributed by atoms with Crippen molar-refractivity contribution in [3.63, 3.8) is 0 Å². The zero-order chi connectivity index (χ0) is 6.69. The Hall–Kier alpha value is -0.530. The molecule has 0 bridgehead atoms. The van der Waals surface area contributed by atoms with Crippen molar-refractivity contribution in [2.75, 3.05) is 6.61 Å². The third-order valence-corrected chi connectivity index (χ3v) is 1.32. The van der Waals surface area contributed by atoms with Gasteiger partial charge in [-0.25, -0.2) is 4.99 Å². The van der Waals surface area contributed by atoms with Crippen LogP contribution >= 0.6 is 0 Å². The molecule has 0 radical (unpaired) electrons. The summed E-state index contributed by atoms with van der Waals surface area (Å²) < 4.78 is 5.26.